The van der Waals surface area contributed by atoms with Crippen LogP contribution in [-0.4, -0.2) is 0 Å². The third-order valence-electron chi connectivity index (χ3n) is 4.19. The van der Waals surface area contributed by atoms with E-state index in [4.69, 9.17) is 9.15 Å². The van der Waals surface area contributed by atoms with Crippen molar-refractivity contribution in [3.8, 4) is 5.75 Å². The van der Waals surface area contributed by atoms with Gasteiger partial charge in [0.2, 0.25) is 0 Å². The molecule has 0 aliphatic rings. The predicted octanol–water partition coefficient (Wildman–Crippen LogP) is 4.94. The lowest BCUT2D eigenvalue weighted by Gasteiger charge is -2.12. The van der Waals surface area contributed by atoms with Gasteiger partial charge in [0, 0.05) is 17.0 Å². The SMILES string of the molecule is CCCc1cc(=O)oc2c(C)c(OCc3cccc(C)c3)ccc12. The standard InChI is InChI=1S/C21H22O3/c1-4-6-17-12-20(22)24-21-15(3)19(10-9-18(17)21)23-13-16-8-5-7-14(2)11-16/h5,7-12H,4,6,13H2,1-3H3. The van der Waals surface area contributed by atoms with Crippen LogP contribution in [0.25, 0.3) is 11.0 Å². The molecule has 0 bridgehead atoms. The zero-order valence-corrected chi connectivity index (χ0v) is 14.4. The molecule has 0 aliphatic carbocycles. The van der Waals surface area contributed by atoms with Gasteiger partial charge in [-0.05, 0) is 43.5 Å². The van der Waals surface area contributed by atoms with Crippen LogP contribution < -0.4 is 10.4 Å². The van der Waals surface area contributed by atoms with Crippen LogP contribution in [0.5, 0.6) is 5.75 Å². The summed E-state index contributed by atoms with van der Waals surface area (Å²) in [7, 11) is 0. The number of hydrogen-bond donors (Lipinski definition) is 0. The Kier molecular flexibility index (Phi) is 4.70. The fourth-order valence-electron chi connectivity index (χ4n) is 3.00. The molecule has 0 N–H and O–H groups in total. The number of benzene rings is 2. The van der Waals surface area contributed by atoms with E-state index in [9.17, 15) is 4.79 Å². The van der Waals surface area contributed by atoms with Gasteiger partial charge >= 0.3 is 5.63 Å². The fourth-order valence-corrected chi connectivity index (χ4v) is 3.00. The Bertz CT molecular complexity index is 922. The molecule has 0 radical (unpaired) electrons. The summed E-state index contributed by atoms with van der Waals surface area (Å²) in [6, 6.07) is 13.8. The lowest BCUT2D eigenvalue weighted by molar-refractivity contribution is 0.304. The first-order valence-corrected chi connectivity index (χ1v) is 8.33. The van der Waals surface area contributed by atoms with Gasteiger partial charge in [-0.2, -0.15) is 0 Å². The van der Waals surface area contributed by atoms with Crippen molar-refractivity contribution in [1.29, 1.82) is 0 Å². The number of rotatable bonds is 5. The van der Waals surface area contributed by atoms with Crippen LogP contribution in [0.4, 0.5) is 0 Å². The van der Waals surface area contributed by atoms with Crippen molar-refractivity contribution < 1.29 is 9.15 Å². The molecule has 0 saturated carbocycles. The summed E-state index contributed by atoms with van der Waals surface area (Å²) in [5, 5.41) is 0.997. The molecule has 0 aliphatic heterocycles. The van der Waals surface area contributed by atoms with E-state index in [1.807, 2.05) is 31.2 Å². The van der Waals surface area contributed by atoms with Crippen molar-refractivity contribution in [3.05, 3.63) is 75.1 Å². The maximum atomic E-state index is 11.9. The van der Waals surface area contributed by atoms with Gasteiger partial charge in [-0.15, -0.1) is 0 Å². The number of fused-ring (bicyclic) bond motifs is 1. The third-order valence-corrected chi connectivity index (χ3v) is 4.19. The van der Waals surface area contributed by atoms with Crippen molar-refractivity contribution in [1.82, 2.24) is 0 Å². The van der Waals surface area contributed by atoms with Gasteiger partial charge in [0.1, 0.15) is 17.9 Å². The zero-order valence-electron chi connectivity index (χ0n) is 14.4. The second-order valence-corrected chi connectivity index (χ2v) is 6.18. The molecule has 0 spiro atoms. The molecule has 3 nitrogen and oxygen atoms in total. The van der Waals surface area contributed by atoms with E-state index in [2.05, 4.69) is 26.0 Å². The Balaban J connectivity index is 1.95. The summed E-state index contributed by atoms with van der Waals surface area (Å²) in [4.78, 5) is 11.9. The van der Waals surface area contributed by atoms with E-state index in [0.29, 0.717) is 12.2 Å². The van der Waals surface area contributed by atoms with Crippen molar-refractivity contribution >= 4 is 11.0 Å². The first-order chi connectivity index (χ1) is 11.6. The van der Waals surface area contributed by atoms with Crippen LogP contribution in [0.3, 0.4) is 0 Å². The highest BCUT2D eigenvalue weighted by Crippen LogP contribution is 2.29. The summed E-state index contributed by atoms with van der Waals surface area (Å²) in [6.07, 6.45) is 1.86. The molecule has 24 heavy (non-hydrogen) atoms. The molecular weight excluding hydrogens is 300 g/mol. The summed E-state index contributed by atoms with van der Waals surface area (Å²) >= 11 is 0. The predicted molar refractivity (Wildman–Crippen MR) is 96.7 cm³/mol. The van der Waals surface area contributed by atoms with Gasteiger partial charge in [-0.25, -0.2) is 4.79 Å². The van der Waals surface area contributed by atoms with Crippen LogP contribution in [0.2, 0.25) is 0 Å². The van der Waals surface area contributed by atoms with E-state index >= 15 is 0 Å². The third kappa shape index (κ3) is 3.35. The highest BCUT2D eigenvalue weighted by molar-refractivity contribution is 5.84. The maximum absolute atomic E-state index is 11.9. The Hall–Kier alpha value is -2.55. The number of hydrogen-bond acceptors (Lipinski definition) is 3. The molecule has 3 aromatic rings. The molecule has 124 valence electrons. The number of aryl methyl sites for hydroxylation is 3. The Morgan fingerprint density at radius 3 is 2.67 bits per heavy atom. The molecule has 1 heterocycles. The Morgan fingerprint density at radius 2 is 1.92 bits per heavy atom. The largest absolute Gasteiger partial charge is 0.488 e. The smallest absolute Gasteiger partial charge is 0.336 e. The van der Waals surface area contributed by atoms with E-state index in [0.717, 1.165) is 40.7 Å². The van der Waals surface area contributed by atoms with Crippen molar-refractivity contribution in [2.45, 2.75) is 40.2 Å². The molecule has 0 saturated heterocycles. The van der Waals surface area contributed by atoms with Crippen molar-refractivity contribution in [2.75, 3.05) is 0 Å². The van der Waals surface area contributed by atoms with Crippen LogP contribution in [-0.2, 0) is 13.0 Å². The molecule has 1 aromatic heterocycles. The minimum Gasteiger partial charge on any atom is -0.488 e. The summed E-state index contributed by atoms with van der Waals surface area (Å²) in [5.41, 5.74) is 4.57. The Morgan fingerprint density at radius 1 is 1.08 bits per heavy atom. The van der Waals surface area contributed by atoms with Crippen LogP contribution in [0, 0.1) is 13.8 Å². The van der Waals surface area contributed by atoms with Gasteiger partial charge in [-0.3, -0.25) is 0 Å². The minimum atomic E-state index is -0.301. The summed E-state index contributed by atoms with van der Waals surface area (Å²) in [6.45, 7) is 6.60. The van der Waals surface area contributed by atoms with E-state index in [1.165, 1.54) is 5.56 Å². The molecule has 0 unspecified atom stereocenters. The lowest BCUT2D eigenvalue weighted by atomic mass is 10.0. The molecule has 3 heteroatoms. The van der Waals surface area contributed by atoms with Gasteiger partial charge in [0.25, 0.3) is 0 Å². The van der Waals surface area contributed by atoms with Crippen molar-refractivity contribution in [2.24, 2.45) is 0 Å². The molecule has 0 amide bonds. The van der Waals surface area contributed by atoms with Gasteiger partial charge in [-0.1, -0.05) is 43.2 Å². The fraction of sp³-hybridized carbons (Fsp3) is 0.286. The highest BCUT2D eigenvalue weighted by Gasteiger charge is 2.11. The first kappa shape index (κ1) is 16.3. The van der Waals surface area contributed by atoms with Gasteiger partial charge in [0.15, 0.2) is 0 Å². The zero-order chi connectivity index (χ0) is 17.1. The second kappa shape index (κ2) is 6.91. The van der Waals surface area contributed by atoms with E-state index < -0.39 is 0 Å². The maximum Gasteiger partial charge on any atom is 0.336 e. The lowest BCUT2D eigenvalue weighted by Crippen LogP contribution is -2.03. The average molecular weight is 322 g/mol. The Labute approximate surface area is 141 Å². The van der Waals surface area contributed by atoms with E-state index in [-0.39, 0.29) is 5.63 Å². The van der Waals surface area contributed by atoms with Crippen molar-refractivity contribution in [3.63, 3.8) is 0 Å². The minimum absolute atomic E-state index is 0.301. The van der Waals surface area contributed by atoms with Gasteiger partial charge < -0.3 is 9.15 Å². The normalized spacial score (nSPS) is 11.0. The van der Waals surface area contributed by atoms with Crippen LogP contribution in [0.15, 0.2) is 51.7 Å². The number of ether oxygens (including phenoxy) is 1. The highest BCUT2D eigenvalue weighted by atomic mass is 16.5. The first-order valence-electron chi connectivity index (χ1n) is 8.33. The van der Waals surface area contributed by atoms with Crippen LogP contribution >= 0.6 is 0 Å². The molecule has 0 fully saturated rings. The molecule has 2 aromatic carbocycles. The quantitative estimate of drug-likeness (QED) is 0.624. The van der Waals surface area contributed by atoms with Gasteiger partial charge in [0.05, 0.1) is 0 Å². The molecule has 0 atom stereocenters. The monoisotopic (exact) mass is 322 g/mol. The van der Waals surface area contributed by atoms with Crippen LogP contribution in [0.1, 0.15) is 35.6 Å². The summed E-state index contributed by atoms with van der Waals surface area (Å²) in [5.74, 6) is 0.751. The summed E-state index contributed by atoms with van der Waals surface area (Å²) < 4.78 is 11.4. The second-order valence-electron chi connectivity index (χ2n) is 6.18. The molecular formula is C21H22O3. The molecule has 3 rings (SSSR count). The average Bonchev–Trinajstić information content (AvgIpc) is 2.55. The topological polar surface area (TPSA) is 39.4 Å². The van der Waals surface area contributed by atoms with E-state index in [1.54, 1.807) is 6.07 Å².